The summed E-state index contributed by atoms with van der Waals surface area (Å²) in [6, 6.07) is 11.4. The van der Waals surface area contributed by atoms with Crippen LogP contribution in [-0.2, 0) is 0 Å². The number of rotatable bonds is 2. The van der Waals surface area contributed by atoms with E-state index in [1.807, 2.05) is 30.3 Å². The average Bonchev–Trinajstić information content (AvgIpc) is 2.92. The number of nitrogens with two attached hydrogens (primary N) is 1. The lowest BCUT2D eigenvalue weighted by atomic mass is 10.2. The average molecular weight is 317 g/mol. The van der Waals surface area contributed by atoms with Crippen molar-refractivity contribution in [3.05, 3.63) is 47.1 Å². The molecule has 5 nitrogen and oxygen atoms in total. The van der Waals surface area contributed by atoms with Crippen molar-refractivity contribution in [2.45, 2.75) is 0 Å². The van der Waals surface area contributed by atoms with E-state index in [1.54, 1.807) is 12.3 Å². The molecule has 0 radical (unpaired) electrons. The minimum atomic E-state index is 0.352. The molecule has 0 spiro atoms. The summed E-state index contributed by atoms with van der Waals surface area (Å²) in [6.45, 7) is 0. The molecule has 0 aliphatic carbocycles. The maximum atomic E-state index is 5.81. The Hall–Kier alpha value is -2.21. The summed E-state index contributed by atoms with van der Waals surface area (Å²) in [5, 5.41) is 3.95. The van der Waals surface area contributed by atoms with Crippen LogP contribution in [0.1, 0.15) is 0 Å². The van der Waals surface area contributed by atoms with Crippen molar-refractivity contribution in [3.63, 3.8) is 0 Å². The smallest absolute Gasteiger partial charge is 0.262 e. The molecule has 0 saturated heterocycles. The van der Waals surface area contributed by atoms with E-state index in [2.05, 4.69) is 31.1 Å². The molecule has 3 aromatic rings. The number of hydrogen-bond acceptors (Lipinski definition) is 5. The summed E-state index contributed by atoms with van der Waals surface area (Å²) < 4.78 is 6.04. The van der Waals surface area contributed by atoms with Gasteiger partial charge in [-0.1, -0.05) is 35.5 Å². The first kappa shape index (κ1) is 11.9. The van der Waals surface area contributed by atoms with Crippen molar-refractivity contribution < 1.29 is 4.52 Å². The molecular weight excluding hydrogens is 308 g/mol. The molecule has 0 atom stereocenters. The van der Waals surface area contributed by atoms with Crippen LogP contribution in [0, 0.1) is 0 Å². The number of anilines is 1. The summed E-state index contributed by atoms with van der Waals surface area (Å²) in [4.78, 5) is 8.37. The molecule has 3 rings (SSSR count). The molecule has 2 aromatic heterocycles. The first-order valence-electron chi connectivity index (χ1n) is 5.54. The zero-order chi connectivity index (χ0) is 13.2. The van der Waals surface area contributed by atoms with Gasteiger partial charge in [0.2, 0.25) is 5.82 Å². The largest absolute Gasteiger partial charge is 0.383 e. The summed E-state index contributed by atoms with van der Waals surface area (Å²) >= 11 is 3.34. The molecule has 0 saturated carbocycles. The normalized spacial score (nSPS) is 10.6. The lowest BCUT2D eigenvalue weighted by Gasteiger charge is -1.99. The molecule has 0 fully saturated rings. The van der Waals surface area contributed by atoms with Gasteiger partial charge in [0.25, 0.3) is 5.89 Å². The van der Waals surface area contributed by atoms with Gasteiger partial charge in [-0.3, -0.25) is 0 Å². The van der Waals surface area contributed by atoms with Crippen molar-refractivity contribution >= 4 is 21.7 Å². The van der Waals surface area contributed by atoms with Crippen molar-refractivity contribution in [1.82, 2.24) is 15.1 Å². The Morgan fingerprint density at radius 2 is 1.95 bits per heavy atom. The predicted molar refractivity (Wildman–Crippen MR) is 75.1 cm³/mol. The first-order valence-corrected chi connectivity index (χ1v) is 6.34. The van der Waals surface area contributed by atoms with Gasteiger partial charge in [-0.25, -0.2) is 4.98 Å². The van der Waals surface area contributed by atoms with Crippen LogP contribution in [0.3, 0.4) is 0 Å². The van der Waals surface area contributed by atoms with Gasteiger partial charge in [0, 0.05) is 16.2 Å². The highest BCUT2D eigenvalue weighted by atomic mass is 79.9. The Kier molecular flexibility index (Phi) is 3.00. The first-order chi connectivity index (χ1) is 9.24. The highest BCUT2D eigenvalue weighted by Crippen LogP contribution is 2.27. The zero-order valence-corrected chi connectivity index (χ0v) is 11.3. The van der Waals surface area contributed by atoms with Crippen molar-refractivity contribution in [3.8, 4) is 22.8 Å². The Morgan fingerprint density at radius 1 is 1.16 bits per heavy atom. The van der Waals surface area contributed by atoms with Gasteiger partial charge in [0.15, 0.2) is 0 Å². The van der Waals surface area contributed by atoms with E-state index in [0.29, 0.717) is 23.1 Å². The van der Waals surface area contributed by atoms with Gasteiger partial charge in [-0.05, 0) is 22.0 Å². The van der Waals surface area contributed by atoms with E-state index in [9.17, 15) is 0 Å². The van der Waals surface area contributed by atoms with E-state index < -0.39 is 0 Å². The van der Waals surface area contributed by atoms with Crippen LogP contribution in [0.25, 0.3) is 22.8 Å². The molecule has 0 bridgehead atoms. The molecule has 0 unspecified atom stereocenters. The second-order valence-corrected chi connectivity index (χ2v) is 4.79. The fourth-order valence-corrected chi connectivity index (χ4v) is 1.99. The van der Waals surface area contributed by atoms with Gasteiger partial charge in [-0.2, -0.15) is 4.98 Å². The van der Waals surface area contributed by atoms with E-state index in [-0.39, 0.29) is 0 Å². The minimum Gasteiger partial charge on any atom is -0.383 e. The van der Waals surface area contributed by atoms with E-state index in [1.165, 1.54) is 0 Å². The van der Waals surface area contributed by atoms with Gasteiger partial charge in [-0.15, -0.1) is 0 Å². The maximum absolute atomic E-state index is 5.81. The van der Waals surface area contributed by atoms with Crippen molar-refractivity contribution in [2.75, 3.05) is 5.73 Å². The molecule has 0 amide bonds. The standard InChI is InChI=1S/C13H9BrN4O/c14-9-6-10(11(15)16-7-9)13-17-12(18-19-13)8-4-2-1-3-5-8/h1-7H,(H2,15,16). The molecule has 94 valence electrons. The molecule has 19 heavy (non-hydrogen) atoms. The van der Waals surface area contributed by atoms with Crippen molar-refractivity contribution in [2.24, 2.45) is 0 Å². The number of hydrogen-bond donors (Lipinski definition) is 1. The number of aromatic nitrogens is 3. The lowest BCUT2D eigenvalue weighted by molar-refractivity contribution is 0.432. The monoisotopic (exact) mass is 316 g/mol. The van der Waals surface area contributed by atoms with Crippen LogP contribution in [0.15, 0.2) is 51.6 Å². The molecule has 2 heterocycles. The molecule has 0 aliphatic heterocycles. The lowest BCUT2D eigenvalue weighted by Crippen LogP contribution is -1.93. The van der Waals surface area contributed by atoms with Crippen LogP contribution in [0.5, 0.6) is 0 Å². The molecule has 2 N–H and O–H groups in total. The Labute approximate surface area is 117 Å². The molecular formula is C13H9BrN4O. The van der Waals surface area contributed by atoms with E-state index >= 15 is 0 Å². The Balaban J connectivity index is 2.04. The third-order valence-corrected chi connectivity index (χ3v) is 3.01. The summed E-state index contributed by atoms with van der Waals surface area (Å²) in [5.41, 5.74) is 7.31. The summed E-state index contributed by atoms with van der Waals surface area (Å²) in [6.07, 6.45) is 1.62. The number of pyridine rings is 1. The number of nitrogens with zero attached hydrogens (tertiary/aromatic N) is 3. The summed E-state index contributed by atoms with van der Waals surface area (Å²) in [7, 11) is 0. The van der Waals surface area contributed by atoms with E-state index in [0.717, 1.165) is 10.0 Å². The van der Waals surface area contributed by atoms with Gasteiger partial charge in [0.1, 0.15) is 5.82 Å². The number of halogens is 1. The third-order valence-electron chi connectivity index (χ3n) is 2.57. The highest BCUT2D eigenvalue weighted by Gasteiger charge is 2.14. The van der Waals surface area contributed by atoms with Gasteiger partial charge >= 0.3 is 0 Å². The Bertz CT molecular complexity index is 712. The number of nitrogen functional groups attached to an aromatic ring is 1. The third kappa shape index (κ3) is 2.34. The fourth-order valence-electron chi connectivity index (χ4n) is 1.66. The Morgan fingerprint density at radius 3 is 2.74 bits per heavy atom. The highest BCUT2D eigenvalue weighted by molar-refractivity contribution is 9.10. The second-order valence-electron chi connectivity index (χ2n) is 3.88. The van der Waals surface area contributed by atoms with Crippen molar-refractivity contribution in [1.29, 1.82) is 0 Å². The fraction of sp³-hybridized carbons (Fsp3) is 0. The topological polar surface area (TPSA) is 77.8 Å². The molecule has 0 aliphatic rings. The van der Waals surface area contributed by atoms with Crippen LogP contribution in [-0.4, -0.2) is 15.1 Å². The van der Waals surface area contributed by atoms with Crippen LogP contribution < -0.4 is 5.73 Å². The quantitative estimate of drug-likeness (QED) is 0.785. The van der Waals surface area contributed by atoms with Crippen LogP contribution >= 0.6 is 15.9 Å². The predicted octanol–water partition coefficient (Wildman–Crippen LogP) is 3.14. The molecule has 1 aromatic carbocycles. The van der Waals surface area contributed by atoms with Crippen LogP contribution in [0.2, 0.25) is 0 Å². The minimum absolute atomic E-state index is 0.352. The second kappa shape index (κ2) is 4.81. The summed E-state index contributed by atoms with van der Waals surface area (Å²) in [5.74, 6) is 1.23. The van der Waals surface area contributed by atoms with Crippen LogP contribution in [0.4, 0.5) is 5.82 Å². The SMILES string of the molecule is Nc1ncc(Br)cc1-c1nc(-c2ccccc2)no1. The van der Waals surface area contributed by atoms with Gasteiger partial charge in [0.05, 0.1) is 5.56 Å². The molecule has 6 heteroatoms. The zero-order valence-electron chi connectivity index (χ0n) is 9.75. The van der Waals surface area contributed by atoms with Gasteiger partial charge < -0.3 is 10.3 Å². The van der Waals surface area contributed by atoms with E-state index in [4.69, 9.17) is 10.3 Å². The maximum Gasteiger partial charge on any atom is 0.262 e. The number of benzene rings is 1.